The molecule has 0 bridgehead atoms. The van der Waals surface area contributed by atoms with Crippen LogP contribution in [0.1, 0.15) is 0 Å². The van der Waals surface area contributed by atoms with Gasteiger partial charge >= 0.3 is 0 Å². The highest BCUT2D eigenvalue weighted by molar-refractivity contribution is 7.39. The van der Waals surface area contributed by atoms with E-state index in [-0.39, 0.29) is 5.69 Å². The van der Waals surface area contributed by atoms with Crippen molar-refractivity contribution in [3.8, 4) is 0 Å². The van der Waals surface area contributed by atoms with Gasteiger partial charge in [0, 0.05) is 22.2 Å². The Morgan fingerprint density at radius 3 is 3.07 bits per heavy atom. The van der Waals surface area contributed by atoms with Crippen LogP contribution in [0.25, 0.3) is 19.6 Å². The van der Waals surface area contributed by atoms with Crippen molar-refractivity contribution in [1.29, 1.82) is 0 Å². The maximum Gasteiger partial charge on any atom is 0.270 e. The van der Waals surface area contributed by atoms with Crippen LogP contribution in [0.5, 0.6) is 0 Å². The molecule has 0 radical (unpaired) electrons. The standard InChI is InChI=1S/C8H3N3O2S2/c12-11(13)4-1-2-6-5(3-4)7-8(14-6)15-10-9-7/h1-3H. The molecular weight excluding hydrogens is 234 g/mol. The van der Waals surface area contributed by atoms with E-state index in [1.165, 1.54) is 17.6 Å². The topological polar surface area (TPSA) is 68.9 Å². The zero-order valence-corrected chi connectivity index (χ0v) is 8.84. The molecule has 0 saturated carbocycles. The summed E-state index contributed by atoms with van der Waals surface area (Å²) in [6.45, 7) is 0. The summed E-state index contributed by atoms with van der Waals surface area (Å²) in [6.07, 6.45) is 0. The first-order valence-corrected chi connectivity index (χ1v) is 5.64. The number of nitro groups is 1. The maximum absolute atomic E-state index is 10.6. The summed E-state index contributed by atoms with van der Waals surface area (Å²) in [5.41, 5.74) is 0.860. The Morgan fingerprint density at radius 2 is 2.27 bits per heavy atom. The van der Waals surface area contributed by atoms with E-state index in [0.717, 1.165) is 19.6 Å². The normalized spacial score (nSPS) is 11.2. The van der Waals surface area contributed by atoms with E-state index in [2.05, 4.69) is 9.59 Å². The fourth-order valence-electron chi connectivity index (χ4n) is 1.42. The lowest BCUT2D eigenvalue weighted by Gasteiger charge is -1.90. The van der Waals surface area contributed by atoms with Crippen LogP contribution in [0, 0.1) is 10.1 Å². The molecule has 0 saturated heterocycles. The fraction of sp³-hybridized carbons (Fsp3) is 0. The number of nitro benzene ring substituents is 1. The van der Waals surface area contributed by atoms with E-state index >= 15 is 0 Å². The first-order chi connectivity index (χ1) is 7.25. The Bertz CT molecular complexity index is 673. The third-order valence-electron chi connectivity index (χ3n) is 2.09. The largest absolute Gasteiger partial charge is 0.270 e. The van der Waals surface area contributed by atoms with Crippen LogP contribution in [0.2, 0.25) is 0 Å². The van der Waals surface area contributed by atoms with Crippen molar-refractivity contribution >= 4 is 48.2 Å². The molecule has 7 heteroatoms. The highest BCUT2D eigenvalue weighted by Crippen LogP contribution is 2.36. The van der Waals surface area contributed by atoms with E-state index in [1.54, 1.807) is 23.5 Å². The number of thiophene rings is 1. The summed E-state index contributed by atoms with van der Waals surface area (Å²) in [5, 5.41) is 15.4. The van der Waals surface area contributed by atoms with E-state index < -0.39 is 4.92 Å². The van der Waals surface area contributed by atoms with Crippen LogP contribution in [0.3, 0.4) is 0 Å². The molecule has 0 spiro atoms. The van der Waals surface area contributed by atoms with E-state index in [1.807, 2.05) is 0 Å². The second kappa shape index (κ2) is 2.94. The highest BCUT2D eigenvalue weighted by atomic mass is 32.2. The number of hydrogen-bond donors (Lipinski definition) is 0. The predicted molar refractivity (Wildman–Crippen MR) is 59.5 cm³/mol. The molecule has 2 heterocycles. The second-order valence-corrected chi connectivity index (χ2v) is 5.01. The van der Waals surface area contributed by atoms with Crippen molar-refractivity contribution in [1.82, 2.24) is 9.59 Å². The summed E-state index contributed by atoms with van der Waals surface area (Å²) in [4.78, 5) is 10.2. The van der Waals surface area contributed by atoms with Crippen molar-refractivity contribution < 1.29 is 4.92 Å². The van der Waals surface area contributed by atoms with Crippen molar-refractivity contribution in [2.24, 2.45) is 0 Å². The third-order valence-corrected chi connectivity index (χ3v) is 4.04. The summed E-state index contributed by atoms with van der Waals surface area (Å²) in [7, 11) is 0. The Morgan fingerprint density at radius 1 is 1.40 bits per heavy atom. The smallest absolute Gasteiger partial charge is 0.258 e. The highest BCUT2D eigenvalue weighted by Gasteiger charge is 2.12. The molecular formula is C8H3N3O2S2. The molecule has 3 aromatic rings. The molecule has 15 heavy (non-hydrogen) atoms. The number of rotatable bonds is 1. The minimum atomic E-state index is -0.400. The van der Waals surface area contributed by atoms with Crippen molar-refractivity contribution in [3.05, 3.63) is 28.3 Å². The van der Waals surface area contributed by atoms with Crippen LogP contribution >= 0.6 is 22.9 Å². The fourth-order valence-corrected chi connectivity index (χ4v) is 3.22. The number of non-ortho nitro benzene ring substituents is 1. The van der Waals surface area contributed by atoms with Gasteiger partial charge < -0.3 is 0 Å². The van der Waals surface area contributed by atoms with Crippen molar-refractivity contribution in [3.63, 3.8) is 0 Å². The minimum absolute atomic E-state index is 0.0928. The lowest BCUT2D eigenvalue weighted by Crippen LogP contribution is -1.86. The number of hydrogen-bond acceptors (Lipinski definition) is 6. The van der Waals surface area contributed by atoms with Gasteiger partial charge in [-0.05, 0) is 17.6 Å². The van der Waals surface area contributed by atoms with Crippen LogP contribution < -0.4 is 0 Å². The van der Waals surface area contributed by atoms with Gasteiger partial charge in [-0.1, -0.05) is 4.49 Å². The molecule has 3 rings (SSSR count). The first-order valence-electron chi connectivity index (χ1n) is 4.05. The number of nitrogens with zero attached hydrogens (tertiary/aromatic N) is 3. The lowest BCUT2D eigenvalue weighted by molar-refractivity contribution is -0.384. The van der Waals surface area contributed by atoms with Crippen LogP contribution in [0.4, 0.5) is 5.69 Å². The van der Waals surface area contributed by atoms with Gasteiger partial charge in [-0.15, -0.1) is 16.4 Å². The molecule has 0 aliphatic rings. The molecule has 1 aromatic carbocycles. The molecule has 0 atom stereocenters. The van der Waals surface area contributed by atoms with Gasteiger partial charge in [0.05, 0.1) is 4.92 Å². The van der Waals surface area contributed by atoms with Crippen LogP contribution in [-0.2, 0) is 0 Å². The zero-order valence-electron chi connectivity index (χ0n) is 7.21. The average Bonchev–Trinajstić information content (AvgIpc) is 2.75. The van der Waals surface area contributed by atoms with Gasteiger partial charge in [0.2, 0.25) is 0 Å². The SMILES string of the molecule is O=[N+]([O-])c1ccc2sc3snnc3c2c1. The molecule has 0 unspecified atom stereocenters. The molecule has 0 fully saturated rings. The third kappa shape index (κ3) is 1.20. The van der Waals surface area contributed by atoms with E-state index in [4.69, 9.17) is 0 Å². The zero-order chi connectivity index (χ0) is 10.4. The van der Waals surface area contributed by atoms with E-state index in [9.17, 15) is 10.1 Å². The van der Waals surface area contributed by atoms with E-state index in [0.29, 0.717) is 0 Å². The summed E-state index contributed by atoms with van der Waals surface area (Å²) < 4.78 is 5.83. The Labute approximate surface area is 91.3 Å². The van der Waals surface area contributed by atoms with Crippen molar-refractivity contribution in [2.75, 3.05) is 0 Å². The van der Waals surface area contributed by atoms with Crippen LogP contribution in [-0.4, -0.2) is 14.5 Å². The van der Waals surface area contributed by atoms with Gasteiger partial charge in [-0.3, -0.25) is 10.1 Å². The Kier molecular flexibility index (Phi) is 1.70. The van der Waals surface area contributed by atoms with Gasteiger partial charge in [-0.2, -0.15) is 0 Å². The molecule has 5 nitrogen and oxygen atoms in total. The maximum atomic E-state index is 10.6. The number of fused-ring (bicyclic) bond motifs is 3. The Hall–Kier alpha value is -1.60. The quantitative estimate of drug-likeness (QED) is 0.482. The molecule has 0 aliphatic carbocycles. The van der Waals surface area contributed by atoms with Crippen LogP contribution in [0.15, 0.2) is 18.2 Å². The van der Waals surface area contributed by atoms with Gasteiger partial charge in [0.25, 0.3) is 5.69 Å². The molecule has 2 aromatic heterocycles. The van der Waals surface area contributed by atoms with Gasteiger partial charge in [-0.25, -0.2) is 0 Å². The minimum Gasteiger partial charge on any atom is -0.258 e. The molecule has 0 amide bonds. The lowest BCUT2D eigenvalue weighted by atomic mass is 10.2. The summed E-state index contributed by atoms with van der Waals surface area (Å²) in [6, 6.07) is 4.82. The van der Waals surface area contributed by atoms with Gasteiger partial charge in [0.1, 0.15) is 9.53 Å². The predicted octanol–water partition coefficient (Wildman–Crippen LogP) is 2.81. The first kappa shape index (κ1) is 8.69. The summed E-state index contributed by atoms with van der Waals surface area (Å²) >= 11 is 2.87. The van der Waals surface area contributed by atoms with Crippen molar-refractivity contribution in [2.45, 2.75) is 0 Å². The molecule has 0 N–H and O–H groups in total. The molecule has 74 valence electrons. The van der Waals surface area contributed by atoms with Gasteiger partial charge in [0.15, 0.2) is 0 Å². The second-order valence-electron chi connectivity index (χ2n) is 2.95. The monoisotopic (exact) mass is 237 g/mol. The summed E-state index contributed by atoms with van der Waals surface area (Å²) in [5.74, 6) is 0. The Balaban J connectivity index is 2.44. The number of aromatic nitrogens is 2. The average molecular weight is 237 g/mol. The number of benzene rings is 1. The molecule has 0 aliphatic heterocycles.